The minimum Gasteiger partial charge on any atom is -0.384 e. The van der Waals surface area contributed by atoms with Crippen LogP contribution in [0.3, 0.4) is 0 Å². The van der Waals surface area contributed by atoms with Crippen LogP contribution in [0.15, 0.2) is 52.9 Å². The first kappa shape index (κ1) is 24.4. The lowest BCUT2D eigenvalue weighted by atomic mass is 10.0. The number of aryl methyl sites for hydroxylation is 1. The van der Waals surface area contributed by atoms with Crippen molar-refractivity contribution in [2.24, 2.45) is 5.73 Å². The molecule has 32 heavy (non-hydrogen) atoms. The third kappa shape index (κ3) is 6.65. The van der Waals surface area contributed by atoms with E-state index in [-0.39, 0.29) is 10.2 Å². The van der Waals surface area contributed by atoms with Crippen molar-refractivity contribution in [2.75, 3.05) is 16.6 Å². The van der Waals surface area contributed by atoms with Crippen LogP contribution in [0.2, 0.25) is 5.02 Å². The van der Waals surface area contributed by atoms with E-state index >= 15 is 0 Å². The molecule has 2 aromatic carbocycles. The van der Waals surface area contributed by atoms with Crippen LogP contribution in [0.4, 0.5) is 15.2 Å². The maximum Gasteiger partial charge on any atom is 0.266 e. The van der Waals surface area contributed by atoms with Crippen LogP contribution < -0.4 is 15.8 Å². The number of anilines is 2. The fourth-order valence-electron chi connectivity index (χ4n) is 3.33. The number of hydrogen-bond acceptors (Lipinski definition) is 6. The van der Waals surface area contributed by atoms with Gasteiger partial charge in [-0.1, -0.05) is 48.7 Å². The smallest absolute Gasteiger partial charge is 0.266 e. The standard InChI is InChI=1S/C22H26ClFN4O2S2/c23-18-13-21(32(29,30)28-22-27-11-12-31-22)19(24)14-20(18)26-10-6-2-1-3-7-16-8-4-5-9-17(16)15-25/h4-5,8-9,11-14,26H,1-3,6-7,10,15,25H2,(H,27,28). The molecule has 0 aliphatic heterocycles. The molecule has 1 aromatic heterocycles. The molecule has 3 aromatic rings. The number of benzene rings is 2. The van der Waals surface area contributed by atoms with Gasteiger partial charge in [-0.2, -0.15) is 0 Å². The van der Waals surface area contributed by atoms with Crippen LogP contribution in [0.5, 0.6) is 0 Å². The third-order valence-electron chi connectivity index (χ3n) is 4.99. The zero-order chi connectivity index (χ0) is 23.0. The highest BCUT2D eigenvalue weighted by atomic mass is 35.5. The molecule has 3 rings (SSSR count). The molecule has 0 aliphatic carbocycles. The summed E-state index contributed by atoms with van der Waals surface area (Å²) < 4.78 is 41.6. The Bertz CT molecular complexity index is 1120. The quantitative estimate of drug-likeness (QED) is 0.291. The zero-order valence-corrected chi connectivity index (χ0v) is 19.9. The van der Waals surface area contributed by atoms with Crippen LogP contribution in [0.1, 0.15) is 36.8 Å². The molecule has 0 saturated carbocycles. The molecular formula is C22H26ClFN4O2S2. The summed E-state index contributed by atoms with van der Waals surface area (Å²) in [5.74, 6) is -0.875. The van der Waals surface area contributed by atoms with Crippen LogP contribution >= 0.6 is 22.9 Å². The molecule has 172 valence electrons. The topological polar surface area (TPSA) is 97.1 Å². The maximum atomic E-state index is 14.5. The number of sulfonamides is 1. The van der Waals surface area contributed by atoms with Crippen LogP contribution in [-0.4, -0.2) is 19.9 Å². The van der Waals surface area contributed by atoms with Crippen LogP contribution in [-0.2, 0) is 23.0 Å². The summed E-state index contributed by atoms with van der Waals surface area (Å²) in [6.45, 7) is 1.17. The van der Waals surface area contributed by atoms with Gasteiger partial charge in [-0.05, 0) is 42.5 Å². The van der Waals surface area contributed by atoms with Gasteiger partial charge in [-0.15, -0.1) is 11.3 Å². The maximum absolute atomic E-state index is 14.5. The molecule has 0 fully saturated rings. The molecule has 4 N–H and O–H groups in total. The second kappa shape index (κ2) is 11.6. The SMILES string of the molecule is NCc1ccccc1CCCCCCNc1cc(F)c(S(=O)(=O)Nc2nccs2)cc1Cl. The lowest BCUT2D eigenvalue weighted by Crippen LogP contribution is -2.15. The molecule has 0 unspecified atom stereocenters. The van der Waals surface area contributed by atoms with E-state index in [1.54, 1.807) is 5.38 Å². The van der Waals surface area contributed by atoms with Gasteiger partial charge in [-0.25, -0.2) is 17.8 Å². The molecule has 0 aliphatic rings. The van der Waals surface area contributed by atoms with Crippen molar-refractivity contribution in [3.8, 4) is 0 Å². The summed E-state index contributed by atoms with van der Waals surface area (Å²) in [5, 5.41) is 5.01. The van der Waals surface area contributed by atoms with Crippen molar-refractivity contribution in [1.29, 1.82) is 0 Å². The number of aromatic nitrogens is 1. The second-order valence-electron chi connectivity index (χ2n) is 7.27. The molecule has 0 radical (unpaired) electrons. The third-order valence-corrected chi connectivity index (χ3v) is 7.48. The molecule has 0 amide bonds. The number of nitrogens with two attached hydrogens (primary N) is 1. The fraction of sp³-hybridized carbons (Fsp3) is 0.318. The lowest BCUT2D eigenvalue weighted by molar-refractivity contribution is 0.570. The van der Waals surface area contributed by atoms with Crippen molar-refractivity contribution >= 4 is 43.8 Å². The van der Waals surface area contributed by atoms with Gasteiger partial charge in [-0.3, -0.25) is 4.72 Å². The van der Waals surface area contributed by atoms with Gasteiger partial charge in [0, 0.05) is 24.7 Å². The Labute approximate surface area is 197 Å². The summed E-state index contributed by atoms with van der Waals surface area (Å²) in [6.07, 6.45) is 6.51. The average Bonchev–Trinajstić information content (AvgIpc) is 3.27. The number of nitrogens with zero attached hydrogens (tertiary/aromatic N) is 1. The Morgan fingerprint density at radius 3 is 2.56 bits per heavy atom. The summed E-state index contributed by atoms with van der Waals surface area (Å²) in [7, 11) is -4.11. The summed E-state index contributed by atoms with van der Waals surface area (Å²) in [5.41, 5.74) is 8.64. The average molecular weight is 497 g/mol. The largest absolute Gasteiger partial charge is 0.384 e. The van der Waals surface area contributed by atoms with Crippen molar-refractivity contribution in [2.45, 2.75) is 43.5 Å². The van der Waals surface area contributed by atoms with Gasteiger partial charge in [0.15, 0.2) is 5.13 Å². The Kier molecular flexibility index (Phi) is 8.86. The fourth-order valence-corrected chi connectivity index (χ4v) is 5.50. The summed E-state index contributed by atoms with van der Waals surface area (Å²) >= 11 is 7.31. The zero-order valence-electron chi connectivity index (χ0n) is 17.5. The molecule has 0 saturated heterocycles. The van der Waals surface area contributed by atoms with E-state index in [1.165, 1.54) is 17.3 Å². The molecule has 0 bridgehead atoms. The predicted octanol–water partition coefficient (Wildman–Crippen LogP) is 5.41. The van der Waals surface area contributed by atoms with Gasteiger partial charge in [0.25, 0.3) is 10.0 Å². The Morgan fingerprint density at radius 2 is 1.84 bits per heavy atom. The van der Waals surface area contributed by atoms with Crippen molar-refractivity contribution < 1.29 is 12.8 Å². The van der Waals surface area contributed by atoms with E-state index in [1.807, 2.05) is 12.1 Å². The minimum atomic E-state index is -4.11. The highest BCUT2D eigenvalue weighted by Gasteiger charge is 2.22. The number of hydrogen-bond donors (Lipinski definition) is 3. The second-order valence-corrected chi connectivity index (χ2v) is 10.2. The van der Waals surface area contributed by atoms with Gasteiger partial charge in [0.05, 0.1) is 10.7 Å². The molecule has 10 heteroatoms. The van der Waals surface area contributed by atoms with E-state index in [0.29, 0.717) is 18.8 Å². The first-order valence-corrected chi connectivity index (χ1v) is 13.1. The number of unbranched alkanes of at least 4 members (excludes halogenated alkanes) is 3. The van der Waals surface area contributed by atoms with Crippen molar-refractivity contribution in [3.05, 3.63) is 69.9 Å². The summed E-state index contributed by atoms with van der Waals surface area (Å²) in [6, 6.07) is 10.5. The van der Waals surface area contributed by atoms with Gasteiger partial charge in [0.2, 0.25) is 0 Å². The van der Waals surface area contributed by atoms with Crippen molar-refractivity contribution in [3.63, 3.8) is 0 Å². The van der Waals surface area contributed by atoms with Crippen molar-refractivity contribution in [1.82, 2.24) is 4.98 Å². The monoisotopic (exact) mass is 496 g/mol. The van der Waals surface area contributed by atoms with E-state index in [0.717, 1.165) is 55.6 Å². The highest BCUT2D eigenvalue weighted by molar-refractivity contribution is 7.93. The molecule has 1 heterocycles. The van der Waals surface area contributed by atoms with E-state index < -0.39 is 20.7 Å². The number of rotatable bonds is 12. The van der Waals surface area contributed by atoms with E-state index in [2.05, 4.69) is 27.2 Å². The van der Waals surface area contributed by atoms with Crippen LogP contribution in [0.25, 0.3) is 0 Å². The molecule has 6 nitrogen and oxygen atoms in total. The number of halogens is 2. The molecular weight excluding hydrogens is 471 g/mol. The first-order chi connectivity index (χ1) is 15.4. The van der Waals surface area contributed by atoms with Gasteiger partial charge in [0.1, 0.15) is 10.7 Å². The minimum absolute atomic E-state index is 0.143. The number of nitrogens with one attached hydrogen (secondary N) is 2. The lowest BCUT2D eigenvalue weighted by Gasteiger charge is -2.12. The highest BCUT2D eigenvalue weighted by Crippen LogP contribution is 2.29. The predicted molar refractivity (Wildman–Crippen MR) is 129 cm³/mol. The Balaban J connectivity index is 1.46. The molecule has 0 spiro atoms. The molecule has 0 atom stereocenters. The first-order valence-electron chi connectivity index (χ1n) is 10.3. The van der Waals surface area contributed by atoms with Gasteiger partial charge >= 0.3 is 0 Å². The Hall–Kier alpha value is -2.20. The van der Waals surface area contributed by atoms with Gasteiger partial charge < -0.3 is 11.1 Å². The van der Waals surface area contributed by atoms with E-state index in [4.69, 9.17) is 17.3 Å². The normalized spacial score (nSPS) is 11.5. The van der Waals surface area contributed by atoms with E-state index in [9.17, 15) is 12.8 Å². The Morgan fingerprint density at radius 1 is 1.09 bits per heavy atom. The number of thiazole rings is 1. The summed E-state index contributed by atoms with van der Waals surface area (Å²) in [4.78, 5) is 3.34. The van der Waals surface area contributed by atoms with Crippen LogP contribution in [0, 0.1) is 5.82 Å².